The molecule has 3 nitrogen and oxygen atoms in total. The highest BCUT2D eigenvalue weighted by molar-refractivity contribution is 5.44. The zero-order valence-corrected chi connectivity index (χ0v) is 14.0. The van der Waals surface area contributed by atoms with Crippen LogP contribution in [0.4, 0.5) is 0 Å². The van der Waals surface area contributed by atoms with Crippen LogP contribution in [0.3, 0.4) is 0 Å². The van der Waals surface area contributed by atoms with E-state index in [1.54, 1.807) is 14.2 Å². The van der Waals surface area contributed by atoms with E-state index in [1.807, 2.05) is 6.07 Å². The molecule has 0 amide bonds. The van der Waals surface area contributed by atoms with E-state index in [2.05, 4.69) is 38.2 Å². The molecular formula is C18H29NO2. The van der Waals surface area contributed by atoms with Crippen LogP contribution in [-0.2, 0) is 0 Å². The number of hydrogen-bond donors (Lipinski definition) is 1. The summed E-state index contributed by atoms with van der Waals surface area (Å²) in [4.78, 5) is 0. The summed E-state index contributed by atoms with van der Waals surface area (Å²) in [5.74, 6) is 2.98. The number of nitrogens with one attached hydrogen (secondary N) is 1. The standard InChI is InChI=1S/C18H29NO2/c1-18(2,3)19-12-14-7-6-8-15(14)13-9-10-16(20-4)17(11-13)21-5/h9-11,14-15,19H,6-8,12H2,1-5H3. The van der Waals surface area contributed by atoms with E-state index in [-0.39, 0.29) is 5.54 Å². The number of hydrogen-bond acceptors (Lipinski definition) is 3. The number of rotatable bonds is 5. The topological polar surface area (TPSA) is 30.5 Å². The second kappa shape index (κ2) is 6.69. The molecule has 0 aliphatic heterocycles. The fourth-order valence-electron chi connectivity index (χ4n) is 3.24. The van der Waals surface area contributed by atoms with Crippen LogP contribution < -0.4 is 14.8 Å². The van der Waals surface area contributed by atoms with Crippen LogP contribution in [0.25, 0.3) is 0 Å². The van der Waals surface area contributed by atoms with Gasteiger partial charge < -0.3 is 14.8 Å². The molecule has 1 saturated carbocycles. The van der Waals surface area contributed by atoms with Crippen molar-refractivity contribution in [3.63, 3.8) is 0 Å². The summed E-state index contributed by atoms with van der Waals surface area (Å²) in [7, 11) is 3.39. The smallest absolute Gasteiger partial charge is 0.160 e. The molecule has 1 aromatic rings. The van der Waals surface area contributed by atoms with Gasteiger partial charge in [0.25, 0.3) is 0 Å². The Morgan fingerprint density at radius 2 is 1.81 bits per heavy atom. The number of ether oxygens (including phenoxy) is 2. The summed E-state index contributed by atoms with van der Waals surface area (Å²) in [6.45, 7) is 7.77. The van der Waals surface area contributed by atoms with E-state index >= 15 is 0 Å². The fourth-order valence-corrected chi connectivity index (χ4v) is 3.24. The Balaban J connectivity index is 2.12. The van der Waals surface area contributed by atoms with Crippen LogP contribution in [0.2, 0.25) is 0 Å². The van der Waals surface area contributed by atoms with Gasteiger partial charge in [-0.3, -0.25) is 0 Å². The average Bonchev–Trinajstić information content (AvgIpc) is 2.92. The third-order valence-electron chi connectivity index (χ3n) is 4.39. The lowest BCUT2D eigenvalue weighted by Gasteiger charge is -2.27. The van der Waals surface area contributed by atoms with Gasteiger partial charge in [-0.15, -0.1) is 0 Å². The van der Waals surface area contributed by atoms with Crippen molar-refractivity contribution >= 4 is 0 Å². The van der Waals surface area contributed by atoms with Crippen LogP contribution in [0.5, 0.6) is 11.5 Å². The first-order valence-electron chi connectivity index (χ1n) is 7.91. The van der Waals surface area contributed by atoms with Crippen LogP contribution in [0.1, 0.15) is 51.5 Å². The van der Waals surface area contributed by atoms with Crippen LogP contribution in [-0.4, -0.2) is 26.3 Å². The Morgan fingerprint density at radius 3 is 2.43 bits per heavy atom. The minimum absolute atomic E-state index is 0.185. The van der Waals surface area contributed by atoms with Gasteiger partial charge in [-0.1, -0.05) is 12.5 Å². The quantitative estimate of drug-likeness (QED) is 0.890. The molecule has 1 aliphatic carbocycles. The van der Waals surface area contributed by atoms with Crippen molar-refractivity contribution in [3.05, 3.63) is 23.8 Å². The second-order valence-corrected chi connectivity index (χ2v) is 7.04. The molecule has 1 aliphatic rings. The van der Waals surface area contributed by atoms with Gasteiger partial charge in [0.2, 0.25) is 0 Å². The summed E-state index contributed by atoms with van der Waals surface area (Å²) in [6, 6.07) is 6.38. The SMILES string of the molecule is COc1ccc(C2CCCC2CNC(C)(C)C)cc1OC. The maximum absolute atomic E-state index is 5.45. The summed E-state index contributed by atoms with van der Waals surface area (Å²) in [5.41, 5.74) is 1.57. The molecule has 2 rings (SSSR count). The number of benzene rings is 1. The first-order chi connectivity index (χ1) is 9.94. The summed E-state index contributed by atoms with van der Waals surface area (Å²) in [5, 5.41) is 3.66. The van der Waals surface area contributed by atoms with Crippen molar-refractivity contribution in [2.75, 3.05) is 20.8 Å². The predicted octanol–water partition coefficient (Wildman–Crippen LogP) is 3.98. The van der Waals surface area contributed by atoms with Gasteiger partial charge in [0, 0.05) is 5.54 Å². The van der Waals surface area contributed by atoms with Crippen molar-refractivity contribution in [3.8, 4) is 11.5 Å². The molecule has 0 spiro atoms. The van der Waals surface area contributed by atoms with E-state index in [9.17, 15) is 0 Å². The van der Waals surface area contributed by atoms with Gasteiger partial charge in [-0.2, -0.15) is 0 Å². The maximum Gasteiger partial charge on any atom is 0.160 e. The van der Waals surface area contributed by atoms with Crippen molar-refractivity contribution < 1.29 is 9.47 Å². The maximum atomic E-state index is 5.45. The summed E-state index contributed by atoms with van der Waals surface area (Å²) in [6.07, 6.45) is 3.89. The van der Waals surface area contributed by atoms with E-state index in [0.29, 0.717) is 11.8 Å². The number of methoxy groups -OCH3 is 2. The Hall–Kier alpha value is -1.22. The molecule has 118 valence electrons. The van der Waals surface area contributed by atoms with Gasteiger partial charge in [-0.05, 0) is 69.7 Å². The summed E-state index contributed by atoms with van der Waals surface area (Å²) < 4.78 is 10.8. The van der Waals surface area contributed by atoms with Gasteiger partial charge in [0.15, 0.2) is 11.5 Å². The first-order valence-corrected chi connectivity index (χ1v) is 7.91. The van der Waals surface area contributed by atoms with Crippen molar-refractivity contribution in [1.29, 1.82) is 0 Å². The van der Waals surface area contributed by atoms with Crippen LogP contribution in [0.15, 0.2) is 18.2 Å². The monoisotopic (exact) mass is 291 g/mol. The first kappa shape index (κ1) is 16.2. The third-order valence-corrected chi connectivity index (χ3v) is 4.39. The highest BCUT2D eigenvalue weighted by Crippen LogP contribution is 2.42. The highest BCUT2D eigenvalue weighted by Gasteiger charge is 2.29. The van der Waals surface area contributed by atoms with E-state index in [4.69, 9.17) is 9.47 Å². The van der Waals surface area contributed by atoms with Crippen molar-refractivity contribution in [2.24, 2.45) is 5.92 Å². The Kier molecular flexibility index (Phi) is 5.15. The minimum Gasteiger partial charge on any atom is -0.493 e. The van der Waals surface area contributed by atoms with Crippen molar-refractivity contribution in [1.82, 2.24) is 5.32 Å². The highest BCUT2D eigenvalue weighted by atomic mass is 16.5. The van der Waals surface area contributed by atoms with Crippen LogP contribution in [0, 0.1) is 5.92 Å². The van der Waals surface area contributed by atoms with Crippen molar-refractivity contribution in [2.45, 2.75) is 51.5 Å². The van der Waals surface area contributed by atoms with E-state index in [0.717, 1.165) is 18.0 Å². The van der Waals surface area contributed by atoms with Gasteiger partial charge in [0.05, 0.1) is 14.2 Å². The zero-order chi connectivity index (χ0) is 15.5. The molecule has 1 N–H and O–H groups in total. The molecule has 1 aromatic carbocycles. The fraction of sp³-hybridized carbons (Fsp3) is 0.667. The minimum atomic E-state index is 0.185. The van der Waals surface area contributed by atoms with E-state index in [1.165, 1.54) is 24.8 Å². The largest absolute Gasteiger partial charge is 0.493 e. The van der Waals surface area contributed by atoms with E-state index < -0.39 is 0 Å². The lowest BCUT2D eigenvalue weighted by molar-refractivity contribution is 0.348. The Morgan fingerprint density at radius 1 is 1.10 bits per heavy atom. The molecule has 0 heterocycles. The molecule has 0 radical (unpaired) electrons. The Bertz CT molecular complexity index is 465. The molecule has 3 heteroatoms. The molecule has 0 bridgehead atoms. The second-order valence-electron chi connectivity index (χ2n) is 7.04. The molecule has 0 aromatic heterocycles. The molecule has 21 heavy (non-hydrogen) atoms. The zero-order valence-electron chi connectivity index (χ0n) is 14.0. The molecule has 0 saturated heterocycles. The molecular weight excluding hydrogens is 262 g/mol. The lowest BCUT2D eigenvalue weighted by atomic mass is 9.88. The Labute approximate surface area is 129 Å². The average molecular weight is 291 g/mol. The van der Waals surface area contributed by atoms with Gasteiger partial charge >= 0.3 is 0 Å². The normalized spacial score (nSPS) is 22.3. The summed E-state index contributed by atoms with van der Waals surface area (Å²) >= 11 is 0. The lowest BCUT2D eigenvalue weighted by Crippen LogP contribution is -2.39. The van der Waals surface area contributed by atoms with Gasteiger partial charge in [-0.25, -0.2) is 0 Å². The van der Waals surface area contributed by atoms with Crippen LogP contribution >= 0.6 is 0 Å². The molecule has 2 atom stereocenters. The molecule has 1 fully saturated rings. The third kappa shape index (κ3) is 4.13. The van der Waals surface area contributed by atoms with Gasteiger partial charge in [0.1, 0.15) is 0 Å². The molecule has 2 unspecified atom stereocenters. The predicted molar refractivity (Wildman–Crippen MR) is 87.4 cm³/mol.